The van der Waals surface area contributed by atoms with Crippen LogP contribution in [0, 0.1) is 4.51 Å². The summed E-state index contributed by atoms with van der Waals surface area (Å²) in [6, 6.07) is 23.1. The topological polar surface area (TPSA) is 56.5 Å². The molecular weight excluding hydrogens is 679 g/mol. The van der Waals surface area contributed by atoms with E-state index in [1.54, 1.807) is 18.2 Å². The predicted molar refractivity (Wildman–Crippen MR) is 151 cm³/mol. The average molecular weight is 697 g/mol. The van der Waals surface area contributed by atoms with Crippen molar-refractivity contribution in [2.75, 3.05) is 0 Å². The molecule has 0 saturated heterocycles. The largest absolute Gasteiger partial charge is 0.460 e. The number of hydrogen-bond acceptors (Lipinski definition) is 5. The van der Waals surface area contributed by atoms with E-state index in [-0.39, 0.29) is 35.7 Å². The van der Waals surface area contributed by atoms with Crippen LogP contribution < -0.4 is 0 Å². The van der Waals surface area contributed by atoms with Crippen molar-refractivity contribution in [3.8, 4) is 0 Å². The molecule has 1 heterocycles. The smallest absolute Gasteiger partial charge is 0.455 e. The molecule has 0 aliphatic heterocycles. The van der Waals surface area contributed by atoms with E-state index in [2.05, 4.69) is 0 Å². The normalized spacial score (nSPS) is 14.2. The lowest BCUT2D eigenvalue weighted by atomic mass is 10.1. The maximum Gasteiger partial charge on any atom is 0.460 e. The Morgan fingerprint density at radius 3 is 1.62 bits per heavy atom. The van der Waals surface area contributed by atoms with Gasteiger partial charge in [0.25, 0.3) is 0 Å². The molecule has 0 bridgehead atoms. The molecule has 0 N–H and O–H groups in total. The van der Waals surface area contributed by atoms with Gasteiger partial charge in [0.1, 0.15) is 5.58 Å². The molecule has 0 aliphatic rings. The molecule has 0 fully saturated rings. The Morgan fingerprint density at radius 1 is 0.600 bits per heavy atom. The fourth-order valence-corrected chi connectivity index (χ4v) is 10.1. The summed E-state index contributed by atoms with van der Waals surface area (Å²) in [7, 11) is -11.7. The van der Waals surface area contributed by atoms with E-state index in [0.717, 1.165) is 0 Å². The first-order valence-electron chi connectivity index (χ1n) is 12.4. The summed E-state index contributed by atoms with van der Waals surface area (Å²) >= 11 is 5.59. The van der Waals surface area contributed by atoms with E-state index in [1.807, 2.05) is 0 Å². The van der Waals surface area contributed by atoms with Gasteiger partial charge >= 0.3 is 33.4 Å². The Labute approximate surface area is 255 Å². The Hall–Kier alpha value is -3.60. The zero-order valence-corrected chi connectivity index (χ0v) is 24.5. The maximum absolute atomic E-state index is 15.2. The lowest BCUT2D eigenvalue weighted by Crippen LogP contribution is -2.63. The van der Waals surface area contributed by atoms with Crippen molar-refractivity contribution in [3.05, 3.63) is 108 Å². The Bertz CT molecular complexity index is 2010. The van der Waals surface area contributed by atoms with Crippen LogP contribution in [-0.4, -0.2) is 31.7 Å². The first-order chi connectivity index (χ1) is 20.9. The standard InChI is InChI=1S/C29H17F9O4S3/c30-26(31,28(34,35)36)27(32,33)29(37,38)45(39,40)42-44(18-10-3-1-4-11-18,19-12-5-2-6-13-19)23-17-9-15-21-24(23)41-22-16-8-7-14-20(22)25(21)43/h1-17H. The molecule has 5 rings (SSSR count). The second-order valence-electron chi connectivity index (χ2n) is 9.43. The van der Waals surface area contributed by atoms with Gasteiger partial charge in [-0.15, -0.1) is 0 Å². The molecule has 0 atom stereocenters. The molecule has 0 saturated carbocycles. The van der Waals surface area contributed by atoms with Gasteiger partial charge in [0, 0.05) is 20.6 Å². The van der Waals surface area contributed by atoms with Crippen LogP contribution in [0.1, 0.15) is 0 Å². The van der Waals surface area contributed by atoms with Gasteiger partial charge < -0.3 is 4.42 Å². The van der Waals surface area contributed by atoms with Crippen LogP contribution in [0.15, 0.2) is 122 Å². The number of benzene rings is 4. The molecule has 238 valence electrons. The third kappa shape index (κ3) is 4.98. The van der Waals surface area contributed by atoms with Crippen LogP contribution in [0.25, 0.3) is 21.9 Å². The quantitative estimate of drug-likeness (QED) is 0.0919. The minimum Gasteiger partial charge on any atom is -0.455 e. The van der Waals surface area contributed by atoms with E-state index in [4.69, 9.17) is 20.3 Å². The van der Waals surface area contributed by atoms with Crippen LogP contribution in [0.3, 0.4) is 0 Å². The summed E-state index contributed by atoms with van der Waals surface area (Å²) in [4.78, 5) is -0.842. The monoisotopic (exact) mass is 696 g/mol. The van der Waals surface area contributed by atoms with Gasteiger partial charge in [-0.1, -0.05) is 66.8 Å². The highest BCUT2D eigenvalue weighted by Crippen LogP contribution is 2.72. The van der Waals surface area contributed by atoms with Crippen molar-refractivity contribution in [1.82, 2.24) is 0 Å². The molecule has 4 aromatic carbocycles. The molecule has 0 aliphatic carbocycles. The van der Waals surface area contributed by atoms with Crippen molar-refractivity contribution in [1.29, 1.82) is 0 Å². The van der Waals surface area contributed by atoms with E-state index in [9.17, 15) is 39.2 Å². The summed E-state index contributed by atoms with van der Waals surface area (Å²) in [5.74, 6) is -15.0. The average Bonchev–Trinajstić information content (AvgIpc) is 3.00. The third-order valence-corrected chi connectivity index (χ3v) is 12.3. The molecule has 0 radical (unpaired) electrons. The van der Waals surface area contributed by atoms with Crippen molar-refractivity contribution in [2.45, 2.75) is 38.0 Å². The Kier molecular flexibility index (Phi) is 8.04. The lowest BCUT2D eigenvalue weighted by molar-refractivity contribution is -0.382. The number of rotatable bonds is 8. The summed E-state index contributed by atoms with van der Waals surface area (Å²) < 4.78 is 164. The minimum absolute atomic E-state index is 0.131. The SMILES string of the molecule is O=S(=O)(OS(c1ccccc1)(c1ccccc1)c1cccc2c(=S)c3ccccc3oc12)C(F)(F)C(F)(F)C(F)(F)C(F)(F)F. The molecule has 0 unspecified atom stereocenters. The van der Waals surface area contributed by atoms with Crippen LogP contribution in [-0.2, 0) is 13.7 Å². The number of halogens is 9. The highest BCUT2D eigenvalue weighted by atomic mass is 32.3. The number of hydrogen-bond donors (Lipinski definition) is 0. The lowest BCUT2D eigenvalue weighted by Gasteiger charge is -2.41. The fraction of sp³-hybridized carbons (Fsp3) is 0.138. The molecule has 1 aromatic heterocycles. The maximum atomic E-state index is 15.2. The van der Waals surface area contributed by atoms with Gasteiger partial charge in [-0.3, -0.25) is 0 Å². The number of para-hydroxylation sites is 2. The first kappa shape index (κ1) is 32.8. The fourth-order valence-electron chi connectivity index (χ4n) is 4.45. The van der Waals surface area contributed by atoms with Gasteiger partial charge in [0.05, 0.1) is 9.41 Å². The Balaban J connectivity index is 1.90. The van der Waals surface area contributed by atoms with Crippen molar-refractivity contribution in [3.63, 3.8) is 0 Å². The second-order valence-corrected chi connectivity index (χ2v) is 14.3. The third-order valence-electron chi connectivity index (χ3n) is 6.65. The molecular formula is C29H17F9O4S3. The van der Waals surface area contributed by atoms with Gasteiger partial charge in [-0.2, -0.15) is 47.9 Å². The van der Waals surface area contributed by atoms with Gasteiger partial charge in [0.15, 0.2) is 5.58 Å². The summed E-state index contributed by atoms with van der Waals surface area (Å²) in [6.45, 7) is 0. The van der Waals surface area contributed by atoms with E-state index in [0.29, 0.717) is 5.39 Å². The van der Waals surface area contributed by atoms with Gasteiger partial charge in [0.2, 0.25) is 0 Å². The second kappa shape index (κ2) is 11.0. The van der Waals surface area contributed by atoms with E-state index < -0.39 is 43.7 Å². The van der Waals surface area contributed by atoms with Crippen LogP contribution in [0.4, 0.5) is 39.5 Å². The van der Waals surface area contributed by atoms with Crippen molar-refractivity contribution in [2.24, 2.45) is 0 Å². The van der Waals surface area contributed by atoms with Crippen molar-refractivity contribution >= 4 is 54.6 Å². The van der Waals surface area contributed by atoms with Gasteiger partial charge in [-0.05, 0) is 58.8 Å². The highest BCUT2D eigenvalue weighted by molar-refractivity contribution is 8.33. The summed E-state index contributed by atoms with van der Waals surface area (Å²) in [5.41, 5.74) is -0.101. The molecule has 0 spiro atoms. The Morgan fingerprint density at radius 2 is 1.09 bits per heavy atom. The zero-order chi connectivity index (χ0) is 33.1. The molecule has 16 heteroatoms. The molecule has 4 nitrogen and oxygen atoms in total. The number of alkyl halides is 9. The van der Waals surface area contributed by atoms with Crippen molar-refractivity contribution < 1.29 is 56.0 Å². The molecule has 5 aromatic rings. The molecule has 45 heavy (non-hydrogen) atoms. The first-order valence-corrected chi connectivity index (χ1v) is 15.8. The summed E-state index contributed by atoms with van der Waals surface area (Å²) in [6.07, 6.45) is -7.26. The van der Waals surface area contributed by atoms with Crippen LogP contribution in [0.2, 0.25) is 0 Å². The highest BCUT2D eigenvalue weighted by Gasteiger charge is 2.86. The van der Waals surface area contributed by atoms with Gasteiger partial charge in [-0.25, -0.2) is 3.63 Å². The van der Waals surface area contributed by atoms with E-state index in [1.165, 1.54) is 84.9 Å². The molecule has 0 amide bonds. The van der Waals surface area contributed by atoms with E-state index >= 15 is 8.78 Å². The minimum atomic E-state index is -7.51. The predicted octanol–water partition coefficient (Wildman–Crippen LogP) is 10.3. The van der Waals surface area contributed by atoms with Crippen LogP contribution >= 0.6 is 22.5 Å². The van der Waals surface area contributed by atoms with Crippen LogP contribution in [0.5, 0.6) is 0 Å². The number of fused-ring (bicyclic) bond motifs is 2. The summed E-state index contributed by atoms with van der Waals surface area (Å²) in [5, 5.41) is -6.56. The zero-order valence-electron chi connectivity index (χ0n) is 22.1.